The molecule has 1 heterocycles. The number of nitrogens with zero attached hydrogens (tertiary/aromatic N) is 1. The van der Waals surface area contributed by atoms with Crippen molar-refractivity contribution in [2.24, 2.45) is 7.05 Å². The van der Waals surface area contributed by atoms with Crippen molar-refractivity contribution in [2.75, 3.05) is 0 Å². The summed E-state index contributed by atoms with van der Waals surface area (Å²) < 4.78 is 27.8. The number of carbonyl (C=O) groups is 1. The molecule has 0 aliphatic carbocycles. The van der Waals surface area contributed by atoms with Crippen LogP contribution in [0.15, 0.2) is 53.5 Å². The molecule has 1 atom stereocenters. The van der Waals surface area contributed by atoms with Gasteiger partial charge in [-0.05, 0) is 30.7 Å². The van der Waals surface area contributed by atoms with E-state index >= 15 is 0 Å². The number of aryl methyl sites for hydroxylation is 1. The molecule has 0 fully saturated rings. The Balaban J connectivity index is 2.30. The number of aromatic nitrogens is 1. The van der Waals surface area contributed by atoms with E-state index in [-0.39, 0.29) is 11.1 Å². The number of halogens is 2. The summed E-state index contributed by atoms with van der Waals surface area (Å²) in [5.41, 5.74) is 0.779. The summed E-state index contributed by atoms with van der Waals surface area (Å²) in [4.78, 5) is 23.9. The topological polar surface area (TPSA) is 51.1 Å². The Kier molecular flexibility index (Phi) is 4.74. The number of hydrogen-bond acceptors (Lipinski definition) is 2. The molecule has 0 spiro atoms. The molecule has 0 bridgehead atoms. The van der Waals surface area contributed by atoms with Gasteiger partial charge in [0, 0.05) is 24.9 Å². The normalized spacial score (nSPS) is 11.8. The molecule has 0 aliphatic rings. The van der Waals surface area contributed by atoms with Crippen molar-refractivity contribution in [1.29, 1.82) is 0 Å². The Morgan fingerprint density at radius 1 is 1.22 bits per heavy atom. The van der Waals surface area contributed by atoms with Gasteiger partial charge in [0.25, 0.3) is 11.5 Å². The zero-order valence-corrected chi connectivity index (χ0v) is 12.8. The van der Waals surface area contributed by atoms with E-state index < -0.39 is 23.6 Å². The largest absolute Gasteiger partial charge is 0.341 e. The third kappa shape index (κ3) is 3.71. The van der Waals surface area contributed by atoms with Crippen LogP contribution in [-0.4, -0.2) is 10.5 Å². The molecular formula is C17H16F2N2O2. The van der Waals surface area contributed by atoms with E-state index in [1.807, 2.05) is 0 Å². The van der Waals surface area contributed by atoms with Crippen LogP contribution >= 0.6 is 0 Å². The lowest BCUT2D eigenvalue weighted by Gasteiger charge is -2.19. The van der Waals surface area contributed by atoms with Crippen molar-refractivity contribution in [3.05, 3.63) is 81.8 Å². The second-order valence-electron chi connectivity index (χ2n) is 5.29. The van der Waals surface area contributed by atoms with Gasteiger partial charge in [-0.2, -0.15) is 0 Å². The van der Waals surface area contributed by atoms with Crippen LogP contribution in [0.5, 0.6) is 0 Å². The van der Waals surface area contributed by atoms with Crippen LogP contribution in [0, 0.1) is 11.6 Å². The molecule has 0 saturated heterocycles. The number of pyridine rings is 1. The van der Waals surface area contributed by atoms with E-state index in [1.54, 1.807) is 14.0 Å². The first-order valence-corrected chi connectivity index (χ1v) is 6.87. The van der Waals surface area contributed by atoms with Gasteiger partial charge < -0.3 is 9.88 Å². The molecule has 2 aromatic rings. The first-order chi connectivity index (χ1) is 10.8. The molecule has 23 heavy (non-hydrogen) atoms. The highest BCUT2D eigenvalue weighted by molar-refractivity contribution is 5.94. The van der Waals surface area contributed by atoms with Gasteiger partial charge in [-0.3, -0.25) is 9.59 Å². The van der Waals surface area contributed by atoms with E-state index in [9.17, 15) is 18.4 Å². The van der Waals surface area contributed by atoms with Crippen LogP contribution in [0.25, 0.3) is 0 Å². The molecule has 2 rings (SSSR count). The number of amides is 1. The molecule has 1 aromatic carbocycles. The molecule has 4 nitrogen and oxygen atoms in total. The average molecular weight is 318 g/mol. The van der Waals surface area contributed by atoms with Gasteiger partial charge in [-0.1, -0.05) is 18.2 Å². The minimum Gasteiger partial charge on any atom is -0.341 e. The number of benzene rings is 1. The second-order valence-corrected chi connectivity index (χ2v) is 5.29. The summed E-state index contributed by atoms with van der Waals surface area (Å²) in [7, 11) is 1.57. The molecule has 1 unspecified atom stereocenters. The fraction of sp³-hybridized carbons (Fsp3) is 0.176. The highest BCUT2D eigenvalue weighted by atomic mass is 19.2. The third-order valence-corrected chi connectivity index (χ3v) is 3.41. The predicted molar refractivity (Wildman–Crippen MR) is 83.1 cm³/mol. The van der Waals surface area contributed by atoms with E-state index in [4.69, 9.17) is 0 Å². The molecular weight excluding hydrogens is 302 g/mol. The number of nitrogens with one attached hydrogen (secondary N) is 1. The maximum absolute atomic E-state index is 13.4. The van der Waals surface area contributed by atoms with E-state index in [2.05, 4.69) is 11.9 Å². The molecule has 0 aliphatic heterocycles. The number of carbonyl (C=O) groups excluding carboxylic acids is 1. The molecule has 1 N–H and O–H groups in total. The minimum atomic E-state index is -1.00. The van der Waals surface area contributed by atoms with Crippen molar-refractivity contribution in [1.82, 2.24) is 9.88 Å². The Morgan fingerprint density at radius 3 is 2.48 bits per heavy atom. The Morgan fingerprint density at radius 2 is 1.91 bits per heavy atom. The Bertz CT molecular complexity index is 828. The van der Waals surface area contributed by atoms with Crippen molar-refractivity contribution in [3.63, 3.8) is 0 Å². The van der Waals surface area contributed by atoms with E-state index in [1.165, 1.54) is 29.0 Å². The Labute approximate surface area is 132 Å². The van der Waals surface area contributed by atoms with Gasteiger partial charge in [0.1, 0.15) is 0 Å². The lowest BCUT2D eigenvalue weighted by molar-refractivity contribution is 0.0942. The van der Waals surface area contributed by atoms with Gasteiger partial charge in [0.2, 0.25) is 0 Å². The Hall–Kier alpha value is -2.76. The van der Waals surface area contributed by atoms with Crippen LogP contribution in [0.2, 0.25) is 0 Å². The van der Waals surface area contributed by atoms with E-state index in [0.717, 1.165) is 12.1 Å². The molecule has 0 saturated carbocycles. The second kappa shape index (κ2) is 6.56. The van der Waals surface area contributed by atoms with Crippen molar-refractivity contribution in [2.45, 2.75) is 13.0 Å². The molecule has 1 amide bonds. The zero-order chi connectivity index (χ0) is 17.1. The van der Waals surface area contributed by atoms with Crippen LogP contribution in [0.1, 0.15) is 28.9 Å². The molecule has 120 valence electrons. The molecule has 0 radical (unpaired) electrons. The van der Waals surface area contributed by atoms with Crippen molar-refractivity contribution < 1.29 is 13.6 Å². The van der Waals surface area contributed by atoms with Crippen LogP contribution in [0.4, 0.5) is 8.78 Å². The average Bonchev–Trinajstić information content (AvgIpc) is 2.50. The number of hydrogen-bond donors (Lipinski definition) is 1. The summed E-state index contributed by atoms with van der Waals surface area (Å²) in [6.45, 7) is 5.43. The fourth-order valence-electron chi connectivity index (χ4n) is 2.09. The SMILES string of the molecule is C=C(C)C(NC(=O)c1ccn(C)c(=O)c1)c1ccc(F)c(F)c1. The number of rotatable bonds is 4. The van der Waals surface area contributed by atoms with Gasteiger partial charge >= 0.3 is 0 Å². The summed E-state index contributed by atoms with van der Waals surface area (Å²) in [5.74, 6) is -2.47. The maximum Gasteiger partial charge on any atom is 0.252 e. The third-order valence-electron chi connectivity index (χ3n) is 3.41. The van der Waals surface area contributed by atoms with Gasteiger partial charge in [0.15, 0.2) is 11.6 Å². The standard InChI is InChI=1S/C17H16F2N2O2/c1-10(2)16(11-4-5-13(18)14(19)8-11)20-17(23)12-6-7-21(3)15(22)9-12/h4-9,16H,1H2,2-3H3,(H,20,23). The highest BCUT2D eigenvalue weighted by Crippen LogP contribution is 2.22. The molecule has 1 aromatic heterocycles. The van der Waals surface area contributed by atoms with Crippen LogP contribution in [-0.2, 0) is 7.05 Å². The maximum atomic E-state index is 13.4. The zero-order valence-electron chi connectivity index (χ0n) is 12.8. The lowest BCUT2D eigenvalue weighted by atomic mass is 10.00. The van der Waals surface area contributed by atoms with Crippen LogP contribution in [0.3, 0.4) is 0 Å². The van der Waals surface area contributed by atoms with Gasteiger partial charge in [-0.15, -0.1) is 0 Å². The first-order valence-electron chi connectivity index (χ1n) is 6.87. The minimum absolute atomic E-state index is 0.182. The summed E-state index contributed by atoms with van der Waals surface area (Å²) in [5, 5.41) is 2.67. The highest BCUT2D eigenvalue weighted by Gasteiger charge is 2.18. The molecule has 6 heteroatoms. The summed E-state index contributed by atoms with van der Waals surface area (Å²) >= 11 is 0. The summed E-state index contributed by atoms with van der Waals surface area (Å²) in [6.07, 6.45) is 1.48. The van der Waals surface area contributed by atoms with Crippen molar-refractivity contribution >= 4 is 5.91 Å². The fourth-order valence-corrected chi connectivity index (χ4v) is 2.09. The summed E-state index contributed by atoms with van der Waals surface area (Å²) in [6, 6.07) is 5.39. The van der Waals surface area contributed by atoms with Gasteiger partial charge in [-0.25, -0.2) is 8.78 Å². The first kappa shape index (κ1) is 16.6. The predicted octanol–water partition coefficient (Wildman–Crippen LogP) is 2.71. The van der Waals surface area contributed by atoms with Gasteiger partial charge in [0.05, 0.1) is 6.04 Å². The monoisotopic (exact) mass is 318 g/mol. The van der Waals surface area contributed by atoms with Crippen LogP contribution < -0.4 is 10.9 Å². The lowest BCUT2D eigenvalue weighted by Crippen LogP contribution is -2.30. The van der Waals surface area contributed by atoms with E-state index in [0.29, 0.717) is 11.1 Å². The van der Waals surface area contributed by atoms with Crippen molar-refractivity contribution in [3.8, 4) is 0 Å². The quantitative estimate of drug-likeness (QED) is 0.881. The smallest absolute Gasteiger partial charge is 0.252 e.